The van der Waals surface area contributed by atoms with Crippen molar-refractivity contribution in [1.82, 2.24) is 4.90 Å². The third-order valence-electron chi connectivity index (χ3n) is 3.89. The lowest BCUT2D eigenvalue weighted by Gasteiger charge is -2.15. The number of nitrogens with two attached hydrogens (primary N) is 1. The largest absolute Gasteiger partial charge is 0.469 e. The van der Waals surface area contributed by atoms with Gasteiger partial charge < -0.3 is 10.5 Å². The molecule has 1 aliphatic rings. The second kappa shape index (κ2) is 6.09. The number of carbonyl (C=O) groups is 1. The number of nitro benzene ring substituents is 1. The average Bonchev–Trinajstić information content (AvgIpc) is 2.78. The van der Waals surface area contributed by atoms with Gasteiger partial charge in [-0.2, -0.15) is 0 Å². The van der Waals surface area contributed by atoms with Crippen molar-refractivity contribution in [3.05, 3.63) is 33.9 Å². The van der Waals surface area contributed by atoms with Gasteiger partial charge in [0.15, 0.2) is 0 Å². The lowest BCUT2D eigenvalue weighted by atomic mass is 9.99. The molecule has 1 fully saturated rings. The van der Waals surface area contributed by atoms with Gasteiger partial charge in [0.05, 0.1) is 18.0 Å². The average molecular weight is 293 g/mol. The first kappa shape index (κ1) is 15.2. The minimum atomic E-state index is -0.496. The van der Waals surface area contributed by atoms with E-state index in [0.29, 0.717) is 13.1 Å². The highest BCUT2D eigenvalue weighted by atomic mass is 16.6. The first-order valence-corrected chi connectivity index (χ1v) is 6.75. The van der Waals surface area contributed by atoms with E-state index in [9.17, 15) is 14.9 Å². The molecule has 1 aromatic carbocycles. The highest BCUT2D eigenvalue weighted by Gasteiger charge is 2.35. The smallest absolute Gasteiger partial charge is 0.310 e. The Bertz CT molecular complexity index is 561. The number of nitrogen functional groups attached to an aromatic ring is 1. The summed E-state index contributed by atoms with van der Waals surface area (Å²) in [5, 5.41) is 10.7. The maximum atomic E-state index is 11.7. The molecule has 0 amide bonds. The summed E-state index contributed by atoms with van der Waals surface area (Å²) in [5.41, 5.74) is 6.66. The van der Waals surface area contributed by atoms with Crippen LogP contribution < -0.4 is 5.73 Å². The Kier molecular flexibility index (Phi) is 4.42. The van der Waals surface area contributed by atoms with Gasteiger partial charge in [-0.1, -0.05) is 13.0 Å². The van der Waals surface area contributed by atoms with Crippen LogP contribution in [0.15, 0.2) is 18.2 Å². The zero-order valence-corrected chi connectivity index (χ0v) is 12.1. The summed E-state index contributed by atoms with van der Waals surface area (Å²) >= 11 is 0. The number of methoxy groups -OCH3 is 1. The SMILES string of the molecule is COC(=O)C1CN(Cc2ccc([N+](=O)[O-])c(N)c2)CC1C. The molecule has 0 radical (unpaired) electrons. The molecule has 2 unspecified atom stereocenters. The van der Waals surface area contributed by atoms with Crippen molar-refractivity contribution in [2.45, 2.75) is 13.5 Å². The fourth-order valence-corrected chi connectivity index (χ4v) is 2.78. The molecule has 1 heterocycles. The quantitative estimate of drug-likeness (QED) is 0.390. The van der Waals surface area contributed by atoms with Gasteiger partial charge in [-0.05, 0) is 17.5 Å². The number of likely N-dealkylation sites (tertiary alicyclic amines) is 1. The fraction of sp³-hybridized carbons (Fsp3) is 0.500. The number of carbonyl (C=O) groups excluding carboxylic acids is 1. The van der Waals surface area contributed by atoms with Crippen molar-refractivity contribution in [3.8, 4) is 0 Å². The standard InChI is InChI=1S/C14H19N3O4/c1-9-6-16(8-11(9)14(18)21-2)7-10-3-4-13(17(19)20)12(15)5-10/h3-5,9,11H,6-8,15H2,1-2H3. The maximum Gasteiger partial charge on any atom is 0.310 e. The molecule has 1 aliphatic heterocycles. The number of benzene rings is 1. The van der Waals surface area contributed by atoms with E-state index in [4.69, 9.17) is 10.5 Å². The van der Waals surface area contributed by atoms with Crippen molar-refractivity contribution < 1.29 is 14.5 Å². The summed E-state index contributed by atoms with van der Waals surface area (Å²) in [4.78, 5) is 24.0. The minimum absolute atomic E-state index is 0.0824. The molecule has 2 atom stereocenters. The van der Waals surface area contributed by atoms with Crippen LogP contribution >= 0.6 is 0 Å². The molecular weight excluding hydrogens is 274 g/mol. The lowest BCUT2D eigenvalue weighted by molar-refractivity contribution is -0.383. The van der Waals surface area contributed by atoms with Gasteiger partial charge in [-0.25, -0.2) is 0 Å². The molecule has 7 nitrogen and oxygen atoms in total. The second-order valence-corrected chi connectivity index (χ2v) is 5.45. The number of hydrogen-bond donors (Lipinski definition) is 1. The molecule has 21 heavy (non-hydrogen) atoms. The number of nitro groups is 1. The van der Waals surface area contributed by atoms with Crippen molar-refractivity contribution in [1.29, 1.82) is 0 Å². The van der Waals surface area contributed by atoms with E-state index in [1.807, 2.05) is 6.92 Å². The first-order chi connectivity index (χ1) is 9.92. The third kappa shape index (κ3) is 3.30. The highest BCUT2D eigenvalue weighted by molar-refractivity contribution is 5.73. The van der Waals surface area contributed by atoms with Gasteiger partial charge in [-0.3, -0.25) is 19.8 Å². The van der Waals surface area contributed by atoms with Crippen LogP contribution in [0.1, 0.15) is 12.5 Å². The van der Waals surface area contributed by atoms with Crippen LogP contribution in [0.5, 0.6) is 0 Å². The number of ether oxygens (including phenoxy) is 1. The van der Waals surface area contributed by atoms with Gasteiger partial charge in [0.1, 0.15) is 5.69 Å². The Hall–Kier alpha value is -2.15. The molecule has 0 spiro atoms. The van der Waals surface area contributed by atoms with Crippen molar-refractivity contribution in [3.63, 3.8) is 0 Å². The Balaban J connectivity index is 2.05. The summed E-state index contributed by atoms with van der Waals surface area (Å²) in [7, 11) is 1.40. The molecule has 7 heteroatoms. The van der Waals surface area contributed by atoms with E-state index in [0.717, 1.165) is 12.1 Å². The summed E-state index contributed by atoms with van der Waals surface area (Å²) in [6.07, 6.45) is 0. The van der Waals surface area contributed by atoms with Crippen LogP contribution in [-0.4, -0.2) is 36.0 Å². The molecule has 1 aromatic rings. The first-order valence-electron chi connectivity index (χ1n) is 6.75. The molecule has 0 aliphatic carbocycles. The summed E-state index contributed by atoms with van der Waals surface area (Å²) in [5.74, 6) is -0.0774. The molecule has 2 N–H and O–H groups in total. The Morgan fingerprint density at radius 3 is 2.81 bits per heavy atom. The van der Waals surface area contributed by atoms with Crippen LogP contribution in [0.25, 0.3) is 0 Å². The zero-order valence-electron chi connectivity index (χ0n) is 12.1. The van der Waals surface area contributed by atoms with E-state index >= 15 is 0 Å². The molecular formula is C14H19N3O4. The van der Waals surface area contributed by atoms with E-state index in [2.05, 4.69) is 4.90 Å². The highest BCUT2D eigenvalue weighted by Crippen LogP contribution is 2.27. The summed E-state index contributed by atoms with van der Waals surface area (Å²) < 4.78 is 4.80. The summed E-state index contributed by atoms with van der Waals surface area (Å²) in [6, 6.07) is 4.74. The maximum absolute atomic E-state index is 11.7. The number of nitrogens with zero attached hydrogens (tertiary/aromatic N) is 2. The van der Waals surface area contributed by atoms with E-state index < -0.39 is 4.92 Å². The topological polar surface area (TPSA) is 98.7 Å². The number of hydrogen-bond acceptors (Lipinski definition) is 6. The zero-order chi connectivity index (χ0) is 15.6. The van der Waals surface area contributed by atoms with Gasteiger partial charge in [0, 0.05) is 25.7 Å². The van der Waals surface area contributed by atoms with Gasteiger partial charge >= 0.3 is 5.97 Å². The molecule has 1 saturated heterocycles. The van der Waals surface area contributed by atoms with E-state index in [1.165, 1.54) is 13.2 Å². The number of rotatable bonds is 4. The van der Waals surface area contributed by atoms with Crippen LogP contribution in [0.2, 0.25) is 0 Å². The Morgan fingerprint density at radius 2 is 2.24 bits per heavy atom. The van der Waals surface area contributed by atoms with Crippen molar-refractivity contribution >= 4 is 17.3 Å². The fourth-order valence-electron chi connectivity index (χ4n) is 2.78. The van der Waals surface area contributed by atoms with Crippen LogP contribution in [0.4, 0.5) is 11.4 Å². The van der Waals surface area contributed by atoms with Crippen LogP contribution in [0, 0.1) is 22.0 Å². The van der Waals surface area contributed by atoms with Crippen LogP contribution in [-0.2, 0) is 16.1 Å². The molecule has 0 bridgehead atoms. The lowest BCUT2D eigenvalue weighted by Crippen LogP contribution is -2.24. The Labute approximate surface area is 122 Å². The third-order valence-corrected chi connectivity index (χ3v) is 3.89. The molecule has 0 saturated carbocycles. The minimum Gasteiger partial charge on any atom is -0.469 e. The molecule has 2 rings (SSSR count). The number of anilines is 1. The Morgan fingerprint density at radius 1 is 1.52 bits per heavy atom. The predicted molar refractivity (Wildman–Crippen MR) is 77.5 cm³/mol. The monoisotopic (exact) mass is 293 g/mol. The van der Waals surface area contributed by atoms with E-state index in [-0.39, 0.29) is 29.2 Å². The van der Waals surface area contributed by atoms with Crippen molar-refractivity contribution in [2.24, 2.45) is 11.8 Å². The normalized spacial score (nSPS) is 22.2. The molecule has 114 valence electrons. The molecule has 0 aromatic heterocycles. The van der Waals surface area contributed by atoms with Gasteiger partial charge in [0.2, 0.25) is 0 Å². The summed E-state index contributed by atoms with van der Waals surface area (Å²) in [6.45, 7) is 4.05. The van der Waals surface area contributed by atoms with Crippen LogP contribution in [0.3, 0.4) is 0 Å². The second-order valence-electron chi connectivity index (χ2n) is 5.45. The van der Waals surface area contributed by atoms with Gasteiger partial charge in [-0.15, -0.1) is 0 Å². The predicted octanol–water partition coefficient (Wildman–Crippen LogP) is 1.42. The van der Waals surface area contributed by atoms with Crippen molar-refractivity contribution in [2.75, 3.05) is 25.9 Å². The van der Waals surface area contributed by atoms with E-state index in [1.54, 1.807) is 12.1 Å². The van der Waals surface area contributed by atoms with Gasteiger partial charge in [0.25, 0.3) is 5.69 Å². The number of esters is 1.